The van der Waals surface area contributed by atoms with Crippen molar-refractivity contribution in [1.29, 1.82) is 0 Å². The maximum atomic E-state index is 13.0. The van der Waals surface area contributed by atoms with Crippen molar-refractivity contribution in [2.75, 3.05) is 18.4 Å². The average molecular weight is 465 g/mol. The number of fused-ring (bicyclic) bond motifs is 1. The van der Waals surface area contributed by atoms with Crippen molar-refractivity contribution in [2.45, 2.75) is 25.2 Å². The third-order valence-corrected chi connectivity index (χ3v) is 8.31. The first kappa shape index (κ1) is 21.2. The monoisotopic (exact) mass is 464 g/mol. The minimum absolute atomic E-state index is 0.0992. The van der Waals surface area contributed by atoms with Gasteiger partial charge in [0.25, 0.3) is 0 Å². The summed E-state index contributed by atoms with van der Waals surface area (Å²) in [6.45, 7) is 4.34. The molecular formula is C20H21ClN4O3S2. The minimum Gasteiger partial charge on any atom is -0.326 e. The summed E-state index contributed by atoms with van der Waals surface area (Å²) >= 11 is 7.32. The van der Waals surface area contributed by atoms with E-state index in [1.54, 1.807) is 16.8 Å². The Morgan fingerprint density at radius 3 is 2.77 bits per heavy atom. The standard InChI is InChI=1S/C20H21ClN4O3S2/c1-20(2)11-25(30(27,28)14-4-6-18(21)22-10-14)8-7-15(20)19(26)24-13-3-5-17-16(9-13)23-12-29-17/h3-6,9-10,12,15H,7-8,11H2,1-2H3,(H,24,26). The zero-order valence-corrected chi connectivity index (χ0v) is 18.9. The highest BCUT2D eigenvalue weighted by molar-refractivity contribution is 7.89. The Hall–Kier alpha value is -2.07. The van der Waals surface area contributed by atoms with E-state index >= 15 is 0 Å². The maximum Gasteiger partial charge on any atom is 0.244 e. The number of carbonyl (C=O) groups excluding carboxylic acids is 1. The third kappa shape index (κ3) is 4.07. The molecule has 158 valence electrons. The number of amides is 1. The van der Waals surface area contributed by atoms with E-state index in [4.69, 9.17) is 11.6 Å². The van der Waals surface area contributed by atoms with Crippen LogP contribution in [0.15, 0.2) is 46.9 Å². The van der Waals surface area contributed by atoms with Crippen molar-refractivity contribution in [3.63, 3.8) is 0 Å². The molecule has 7 nitrogen and oxygen atoms in total. The lowest BCUT2D eigenvalue weighted by atomic mass is 9.74. The van der Waals surface area contributed by atoms with Crippen LogP contribution in [0, 0.1) is 11.3 Å². The number of nitrogens with one attached hydrogen (secondary N) is 1. The number of rotatable bonds is 4. The summed E-state index contributed by atoms with van der Waals surface area (Å²) in [6.07, 6.45) is 1.69. The molecule has 1 saturated heterocycles. The number of pyridine rings is 1. The molecule has 0 spiro atoms. The Kier molecular flexibility index (Phi) is 5.56. The second-order valence-corrected chi connectivity index (χ2v) is 11.2. The Balaban J connectivity index is 1.49. The number of hydrogen-bond donors (Lipinski definition) is 1. The van der Waals surface area contributed by atoms with Crippen molar-refractivity contribution >= 4 is 54.8 Å². The molecule has 0 radical (unpaired) electrons. The second kappa shape index (κ2) is 7.88. The van der Waals surface area contributed by atoms with Gasteiger partial charge in [-0.3, -0.25) is 4.79 Å². The fraction of sp³-hybridized carbons (Fsp3) is 0.350. The molecule has 0 saturated carbocycles. The molecular weight excluding hydrogens is 444 g/mol. The van der Waals surface area contributed by atoms with Gasteiger partial charge in [0.1, 0.15) is 10.0 Å². The molecule has 1 aromatic carbocycles. The highest BCUT2D eigenvalue weighted by Crippen LogP contribution is 2.38. The van der Waals surface area contributed by atoms with Crippen molar-refractivity contribution in [2.24, 2.45) is 11.3 Å². The molecule has 10 heteroatoms. The van der Waals surface area contributed by atoms with Gasteiger partial charge >= 0.3 is 0 Å². The normalized spacial score (nSPS) is 19.6. The second-order valence-electron chi connectivity index (χ2n) is 8.01. The number of carbonyl (C=O) groups is 1. The van der Waals surface area contributed by atoms with E-state index in [9.17, 15) is 13.2 Å². The Morgan fingerprint density at radius 2 is 2.07 bits per heavy atom. The van der Waals surface area contributed by atoms with Gasteiger partial charge in [-0.15, -0.1) is 11.3 Å². The van der Waals surface area contributed by atoms with E-state index in [2.05, 4.69) is 15.3 Å². The molecule has 1 unspecified atom stereocenters. The lowest BCUT2D eigenvalue weighted by molar-refractivity contribution is -0.125. The molecule has 1 atom stereocenters. The van der Waals surface area contributed by atoms with Gasteiger partial charge in [0.2, 0.25) is 15.9 Å². The molecule has 1 fully saturated rings. The largest absolute Gasteiger partial charge is 0.326 e. The molecule has 30 heavy (non-hydrogen) atoms. The average Bonchev–Trinajstić information content (AvgIpc) is 3.15. The van der Waals surface area contributed by atoms with Gasteiger partial charge in [-0.1, -0.05) is 25.4 Å². The number of nitrogens with zero attached hydrogens (tertiary/aromatic N) is 3. The smallest absolute Gasteiger partial charge is 0.244 e. The van der Waals surface area contributed by atoms with Gasteiger partial charge in [-0.25, -0.2) is 18.4 Å². The van der Waals surface area contributed by atoms with Crippen LogP contribution in [0.25, 0.3) is 10.2 Å². The molecule has 1 amide bonds. The molecule has 1 N–H and O–H groups in total. The van der Waals surface area contributed by atoms with Crippen LogP contribution in [0.5, 0.6) is 0 Å². The van der Waals surface area contributed by atoms with Crippen molar-refractivity contribution in [1.82, 2.24) is 14.3 Å². The number of anilines is 1. The van der Waals surface area contributed by atoms with E-state index in [1.807, 2.05) is 32.0 Å². The number of halogens is 1. The molecule has 2 aromatic heterocycles. The number of benzene rings is 1. The number of hydrogen-bond acceptors (Lipinski definition) is 6. The van der Waals surface area contributed by atoms with Crippen molar-refractivity contribution in [3.8, 4) is 0 Å². The molecule has 1 aliphatic heterocycles. The van der Waals surface area contributed by atoms with Crippen LogP contribution in [0.4, 0.5) is 5.69 Å². The van der Waals surface area contributed by atoms with Crippen molar-refractivity contribution in [3.05, 3.63) is 47.2 Å². The van der Waals surface area contributed by atoms with Gasteiger partial charge in [0, 0.05) is 30.9 Å². The van der Waals surface area contributed by atoms with E-state index in [0.717, 1.165) is 10.2 Å². The number of piperidine rings is 1. The van der Waals surface area contributed by atoms with Gasteiger partial charge < -0.3 is 5.32 Å². The molecule has 3 aromatic rings. The van der Waals surface area contributed by atoms with E-state index in [0.29, 0.717) is 12.1 Å². The molecule has 3 heterocycles. The quantitative estimate of drug-likeness (QED) is 0.588. The Morgan fingerprint density at radius 1 is 1.27 bits per heavy atom. The SMILES string of the molecule is CC1(C)CN(S(=O)(=O)c2ccc(Cl)nc2)CCC1C(=O)Nc1ccc2scnc2c1. The van der Waals surface area contributed by atoms with Gasteiger partial charge in [-0.05, 0) is 42.2 Å². The predicted molar refractivity (Wildman–Crippen MR) is 118 cm³/mol. The molecule has 1 aliphatic rings. The van der Waals surface area contributed by atoms with Crippen LogP contribution in [-0.4, -0.2) is 41.7 Å². The summed E-state index contributed by atoms with van der Waals surface area (Å²) in [4.78, 5) is 21.3. The first-order chi connectivity index (χ1) is 14.2. The fourth-order valence-corrected chi connectivity index (χ4v) is 6.17. The summed E-state index contributed by atoms with van der Waals surface area (Å²) in [5, 5.41) is 3.21. The highest BCUT2D eigenvalue weighted by Gasteiger charge is 2.43. The van der Waals surface area contributed by atoms with Crippen LogP contribution in [0.1, 0.15) is 20.3 Å². The summed E-state index contributed by atoms with van der Waals surface area (Å²) in [7, 11) is -3.70. The number of sulfonamides is 1. The van der Waals surface area contributed by atoms with Crippen LogP contribution >= 0.6 is 22.9 Å². The topological polar surface area (TPSA) is 92.3 Å². The number of aromatic nitrogens is 2. The zero-order valence-electron chi connectivity index (χ0n) is 16.5. The molecule has 0 aliphatic carbocycles. The third-order valence-electron chi connectivity index (χ3n) is 5.45. The highest BCUT2D eigenvalue weighted by atomic mass is 35.5. The maximum absolute atomic E-state index is 13.0. The molecule has 4 rings (SSSR count). The Labute approximate surface area is 184 Å². The summed E-state index contributed by atoms with van der Waals surface area (Å²) < 4.78 is 28.5. The van der Waals surface area contributed by atoms with Gasteiger partial charge in [0.15, 0.2) is 0 Å². The van der Waals surface area contributed by atoms with Gasteiger partial charge in [0.05, 0.1) is 15.7 Å². The van der Waals surface area contributed by atoms with E-state index in [-0.39, 0.29) is 35.0 Å². The van der Waals surface area contributed by atoms with E-state index in [1.165, 1.54) is 22.6 Å². The van der Waals surface area contributed by atoms with Crippen LogP contribution in [0.3, 0.4) is 0 Å². The van der Waals surface area contributed by atoms with Crippen molar-refractivity contribution < 1.29 is 13.2 Å². The van der Waals surface area contributed by atoms with Crippen LogP contribution in [0.2, 0.25) is 5.15 Å². The zero-order chi connectivity index (χ0) is 21.5. The lowest BCUT2D eigenvalue weighted by Gasteiger charge is -2.42. The minimum atomic E-state index is -3.70. The summed E-state index contributed by atoms with van der Waals surface area (Å²) in [6, 6.07) is 8.55. The number of thiazole rings is 1. The first-order valence-electron chi connectivity index (χ1n) is 9.43. The van der Waals surface area contributed by atoms with E-state index < -0.39 is 15.4 Å². The fourth-order valence-electron chi connectivity index (χ4n) is 3.83. The first-order valence-corrected chi connectivity index (χ1v) is 12.1. The molecule has 0 bridgehead atoms. The Bertz CT molecular complexity index is 1190. The van der Waals surface area contributed by atoms with Gasteiger partial charge in [-0.2, -0.15) is 4.31 Å². The van der Waals surface area contributed by atoms with Crippen LogP contribution < -0.4 is 5.32 Å². The predicted octanol–water partition coefficient (Wildman–Crippen LogP) is 4.02. The lowest BCUT2D eigenvalue weighted by Crippen LogP contribution is -2.51. The summed E-state index contributed by atoms with van der Waals surface area (Å²) in [5.74, 6) is -0.432. The summed E-state index contributed by atoms with van der Waals surface area (Å²) in [5.41, 5.74) is 2.76. The van der Waals surface area contributed by atoms with Crippen LogP contribution in [-0.2, 0) is 14.8 Å².